The first-order valence-electron chi connectivity index (χ1n) is 7.99. The van der Waals surface area contributed by atoms with E-state index in [2.05, 4.69) is 6.92 Å². The van der Waals surface area contributed by atoms with E-state index in [0.717, 1.165) is 25.7 Å². The van der Waals surface area contributed by atoms with Gasteiger partial charge in [-0.05, 0) is 38.5 Å². The fourth-order valence-electron chi connectivity index (χ4n) is 3.47. The number of carbonyl (C=O) groups excluding carboxylic acids is 1. The topological polar surface area (TPSA) is 26.3 Å². The van der Waals surface area contributed by atoms with Gasteiger partial charge >= 0.3 is 0 Å². The summed E-state index contributed by atoms with van der Waals surface area (Å²) in [6, 6.07) is 0. The van der Waals surface area contributed by atoms with Crippen molar-refractivity contribution in [2.24, 2.45) is 5.92 Å². The van der Waals surface area contributed by atoms with E-state index in [0.29, 0.717) is 11.9 Å². The van der Waals surface area contributed by atoms with Gasteiger partial charge in [0.25, 0.3) is 0 Å². The molecular formula is C16H28O2. The SMILES string of the molecule is CCCCCC[C@H]1CCC[C@@H](C2CCCC2=O)O1. The van der Waals surface area contributed by atoms with Crippen molar-refractivity contribution in [1.82, 2.24) is 0 Å². The summed E-state index contributed by atoms with van der Waals surface area (Å²) in [4.78, 5) is 11.8. The molecule has 0 aromatic rings. The first kappa shape index (κ1) is 14.0. The molecule has 0 spiro atoms. The van der Waals surface area contributed by atoms with Gasteiger partial charge in [-0.15, -0.1) is 0 Å². The molecule has 3 atom stereocenters. The van der Waals surface area contributed by atoms with Crippen molar-refractivity contribution in [3.05, 3.63) is 0 Å². The van der Waals surface area contributed by atoms with E-state index < -0.39 is 0 Å². The summed E-state index contributed by atoms with van der Waals surface area (Å²) in [5.74, 6) is 0.704. The van der Waals surface area contributed by atoms with Crippen molar-refractivity contribution in [1.29, 1.82) is 0 Å². The zero-order valence-corrected chi connectivity index (χ0v) is 11.8. The van der Waals surface area contributed by atoms with E-state index in [1.807, 2.05) is 0 Å². The highest BCUT2D eigenvalue weighted by atomic mass is 16.5. The number of carbonyl (C=O) groups is 1. The number of Topliss-reactive ketones (excluding diaryl/α,β-unsaturated/α-hetero) is 1. The van der Waals surface area contributed by atoms with Crippen LogP contribution in [0.4, 0.5) is 0 Å². The maximum Gasteiger partial charge on any atom is 0.138 e. The van der Waals surface area contributed by atoms with Gasteiger partial charge in [0.05, 0.1) is 12.2 Å². The number of ether oxygens (including phenoxy) is 1. The molecule has 2 nitrogen and oxygen atoms in total. The number of hydrogen-bond donors (Lipinski definition) is 0. The molecule has 2 heteroatoms. The van der Waals surface area contributed by atoms with E-state index in [4.69, 9.17) is 4.74 Å². The van der Waals surface area contributed by atoms with Crippen molar-refractivity contribution in [2.45, 2.75) is 89.8 Å². The molecule has 104 valence electrons. The summed E-state index contributed by atoms with van der Waals surface area (Å²) in [6.45, 7) is 2.25. The Morgan fingerprint density at radius 3 is 2.72 bits per heavy atom. The second kappa shape index (κ2) is 7.28. The van der Waals surface area contributed by atoms with Crippen LogP contribution in [-0.2, 0) is 9.53 Å². The van der Waals surface area contributed by atoms with Crippen LogP contribution in [0.5, 0.6) is 0 Å². The van der Waals surface area contributed by atoms with Gasteiger partial charge in [-0.3, -0.25) is 4.79 Å². The number of rotatable bonds is 6. The maximum atomic E-state index is 11.8. The predicted molar refractivity (Wildman–Crippen MR) is 73.6 cm³/mol. The third-order valence-corrected chi connectivity index (χ3v) is 4.56. The average Bonchev–Trinajstić information content (AvgIpc) is 2.81. The summed E-state index contributed by atoms with van der Waals surface area (Å²) in [5.41, 5.74) is 0. The Morgan fingerprint density at radius 2 is 2.00 bits per heavy atom. The molecule has 1 unspecified atom stereocenters. The van der Waals surface area contributed by atoms with Crippen molar-refractivity contribution in [3.63, 3.8) is 0 Å². The molecule has 0 bridgehead atoms. The lowest BCUT2D eigenvalue weighted by molar-refractivity contribution is -0.131. The number of unbranched alkanes of at least 4 members (excludes halogenated alkanes) is 3. The largest absolute Gasteiger partial charge is 0.374 e. The highest BCUT2D eigenvalue weighted by Crippen LogP contribution is 2.33. The van der Waals surface area contributed by atoms with Gasteiger partial charge in [0.1, 0.15) is 5.78 Å². The molecule has 0 N–H and O–H groups in total. The molecule has 1 saturated carbocycles. The first-order valence-corrected chi connectivity index (χ1v) is 7.99. The van der Waals surface area contributed by atoms with E-state index in [1.165, 1.54) is 44.9 Å². The molecule has 2 rings (SSSR count). The van der Waals surface area contributed by atoms with E-state index in [1.54, 1.807) is 0 Å². The van der Waals surface area contributed by atoms with Crippen LogP contribution in [-0.4, -0.2) is 18.0 Å². The molecule has 1 aliphatic carbocycles. The quantitative estimate of drug-likeness (QED) is 0.660. The van der Waals surface area contributed by atoms with E-state index >= 15 is 0 Å². The summed E-state index contributed by atoms with van der Waals surface area (Å²) < 4.78 is 6.20. The zero-order valence-electron chi connectivity index (χ0n) is 11.8. The molecule has 0 radical (unpaired) electrons. The smallest absolute Gasteiger partial charge is 0.138 e. The molecular weight excluding hydrogens is 224 g/mol. The Morgan fingerprint density at radius 1 is 1.11 bits per heavy atom. The lowest BCUT2D eigenvalue weighted by Crippen LogP contribution is -2.35. The molecule has 0 aromatic carbocycles. The van der Waals surface area contributed by atoms with Crippen molar-refractivity contribution < 1.29 is 9.53 Å². The van der Waals surface area contributed by atoms with Gasteiger partial charge in [0.15, 0.2) is 0 Å². The summed E-state index contributed by atoms with van der Waals surface area (Å²) >= 11 is 0. The van der Waals surface area contributed by atoms with Crippen LogP contribution >= 0.6 is 0 Å². The third kappa shape index (κ3) is 3.81. The van der Waals surface area contributed by atoms with E-state index in [-0.39, 0.29) is 12.0 Å². The van der Waals surface area contributed by atoms with Gasteiger partial charge in [0.2, 0.25) is 0 Å². The Bertz CT molecular complexity index is 262. The fraction of sp³-hybridized carbons (Fsp3) is 0.938. The normalized spacial score (nSPS) is 32.9. The van der Waals surface area contributed by atoms with Crippen LogP contribution in [0.1, 0.15) is 77.6 Å². The van der Waals surface area contributed by atoms with Crippen LogP contribution in [0, 0.1) is 5.92 Å². The maximum absolute atomic E-state index is 11.8. The summed E-state index contributed by atoms with van der Waals surface area (Å²) in [5, 5.41) is 0. The van der Waals surface area contributed by atoms with E-state index in [9.17, 15) is 4.79 Å². The minimum absolute atomic E-state index is 0.239. The van der Waals surface area contributed by atoms with Crippen molar-refractivity contribution in [3.8, 4) is 0 Å². The molecule has 1 aliphatic heterocycles. The summed E-state index contributed by atoms with van der Waals surface area (Å²) in [7, 11) is 0. The van der Waals surface area contributed by atoms with Crippen LogP contribution < -0.4 is 0 Å². The van der Waals surface area contributed by atoms with Crippen LogP contribution in [0.15, 0.2) is 0 Å². The van der Waals surface area contributed by atoms with Crippen LogP contribution in [0.3, 0.4) is 0 Å². The lowest BCUT2D eigenvalue weighted by Gasteiger charge is -2.33. The van der Waals surface area contributed by atoms with Gasteiger partial charge in [-0.2, -0.15) is 0 Å². The lowest BCUT2D eigenvalue weighted by atomic mass is 9.91. The Hall–Kier alpha value is -0.370. The minimum atomic E-state index is 0.239. The second-order valence-electron chi connectivity index (χ2n) is 6.04. The van der Waals surface area contributed by atoms with Gasteiger partial charge in [-0.25, -0.2) is 0 Å². The number of ketones is 1. The Labute approximate surface area is 111 Å². The third-order valence-electron chi connectivity index (χ3n) is 4.56. The second-order valence-corrected chi connectivity index (χ2v) is 6.04. The van der Waals surface area contributed by atoms with Gasteiger partial charge < -0.3 is 4.74 Å². The molecule has 2 aliphatic rings. The molecule has 18 heavy (non-hydrogen) atoms. The molecule has 0 amide bonds. The monoisotopic (exact) mass is 252 g/mol. The zero-order chi connectivity index (χ0) is 12.8. The Kier molecular flexibility index (Phi) is 5.68. The van der Waals surface area contributed by atoms with Crippen molar-refractivity contribution in [2.75, 3.05) is 0 Å². The fourth-order valence-corrected chi connectivity index (χ4v) is 3.47. The standard InChI is InChI=1S/C16H28O2/c1-2-3-4-5-8-13-9-6-12-16(18-13)14-10-7-11-15(14)17/h13-14,16H,2-12H2,1H3/t13-,14?,16-/m0/s1. The average molecular weight is 252 g/mol. The first-order chi connectivity index (χ1) is 8.81. The summed E-state index contributed by atoms with van der Waals surface area (Å²) in [6.07, 6.45) is 13.7. The Balaban J connectivity index is 1.72. The van der Waals surface area contributed by atoms with Crippen LogP contribution in [0.2, 0.25) is 0 Å². The molecule has 0 aromatic heterocycles. The number of hydrogen-bond acceptors (Lipinski definition) is 2. The van der Waals surface area contributed by atoms with Crippen molar-refractivity contribution >= 4 is 5.78 Å². The molecule has 1 saturated heterocycles. The predicted octanol–water partition coefficient (Wildman–Crippen LogP) is 4.26. The highest BCUT2D eigenvalue weighted by Gasteiger charge is 2.35. The molecule has 2 fully saturated rings. The molecule has 1 heterocycles. The van der Waals surface area contributed by atoms with Gasteiger partial charge in [0, 0.05) is 12.3 Å². The highest BCUT2D eigenvalue weighted by molar-refractivity contribution is 5.83. The van der Waals surface area contributed by atoms with Gasteiger partial charge in [-0.1, -0.05) is 32.6 Å². The van der Waals surface area contributed by atoms with Crippen LogP contribution in [0.25, 0.3) is 0 Å². The minimum Gasteiger partial charge on any atom is -0.374 e.